The third kappa shape index (κ3) is 6.41. The van der Waals surface area contributed by atoms with E-state index in [0.29, 0.717) is 5.56 Å². The Kier molecular flexibility index (Phi) is 10.5. The van der Waals surface area contributed by atoms with Crippen molar-refractivity contribution in [2.75, 3.05) is 14.1 Å². The molecule has 0 bridgehead atoms. The largest absolute Gasteiger partial charge is 0.510 e. The molecule has 2 aromatic carbocycles. The van der Waals surface area contributed by atoms with E-state index in [-0.39, 0.29) is 17.5 Å². The molecule has 5 rings (SSSR count). The van der Waals surface area contributed by atoms with Crippen molar-refractivity contribution >= 4 is 40.8 Å². The number of primary amides is 2. The third-order valence-corrected chi connectivity index (χ3v) is 8.41. The molecule has 252 valence electrons. The molecule has 13 N–H and O–H groups in total. The molecule has 0 spiro atoms. The minimum absolute atomic E-state index is 0.135. The second-order valence-electron chi connectivity index (χ2n) is 11.5. The summed E-state index contributed by atoms with van der Waals surface area (Å²) in [7, 11) is 3.06. The van der Waals surface area contributed by atoms with E-state index in [1.165, 1.54) is 44.1 Å². The van der Waals surface area contributed by atoms with Crippen LogP contribution in [0, 0.1) is 11.8 Å². The van der Waals surface area contributed by atoms with Crippen LogP contribution in [0.15, 0.2) is 71.2 Å². The molecule has 15 nitrogen and oxygen atoms in total. The van der Waals surface area contributed by atoms with E-state index in [1.807, 2.05) is 0 Å². The number of nitrogens with two attached hydrogens (primary N) is 3. The number of fused-ring (bicyclic) bond motifs is 3. The number of amides is 2. The SMILES string of the molecule is CN(C)[C@@H]1C(O)=C(C(N)=O)C(=O)[C@@]2(O)C(O)=C3C(=O)c4c(O)cccc4[C@@](C)(O)[C@H]3C[C@@H]12.NC(=O)C(O)c1ccccc1.NC(O)=S. The van der Waals surface area contributed by atoms with Gasteiger partial charge in [-0.15, -0.1) is 0 Å². The lowest BCUT2D eigenvalue weighted by Crippen LogP contribution is -2.65. The maximum absolute atomic E-state index is 13.3. The van der Waals surface area contributed by atoms with Gasteiger partial charge in [-0.05, 0) is 56.9 Å². The number of rotatable bonds is 4. The molecule has 16 heteroatoms. The minimum Gasteiger partial charge on any atom is -0.510 e. The van der Waals surface area contributed by atoms with Crippen molar-refractivity contribution in [3.63, 3.8) is 0 Å². The summed E-state index contributed by atoms with van der Waals surface area (Å²) in [4.78, 5) is 50.3. The number of aliphatic hydroxyl groups excluding tert-OH is 4. The maximum atomic E-state index is 13.3. The van der Waals surface area contributed by atoms with Crippen LogP contribution in [0.2, 0.25) is 0 Å². The first-order valence-electron chi connectivity index (χ1n) is 13.9. The van der Waals surface area contributed by atoms with Crippen molar-refractivity contribution in [2.24, 2.45) is 29.0 Å². The number of nitrogens with zero attached hydrogens (tertiary/aromatic N) is 1. The fourth-order valence-electron chi connectivity index (χ4n) is 6.31. The topological polar surface area (TPSA) is 291 Å². The smallest absolute Gasteiger partial charge is 0.255 e. The Morgan fingerprint density at radius 2 is 1.53 bits per heavy atom. The molecule has 0 aromatic heterocycles. The summed E-state index contributed by atoms with van der Waals surface area (Å²) in [5, 5.41) is 71.2. The van der Waals surface area contributed by atoms with Gasteiger partial charge < -0.3 is 52.9 Å². The van der Waals surface area contributed by atoms with Crippen LogP contribution in [0.3, 0.4) is 0 Å². The first-order chi connectivity index (χ1) is 21.7. The minimum atomic E-state index is -2.75. The number of carbonyl (C=O) groups excluding carboxylic acids is 4. The molecule has 0 aliphatic heterocycles. The van der Waals surface area contributed by atoms with Crippen molar-refractivity contribution in [1.82, 2.24) is 4.90 Å². The van der Waals surface area contributed by atoms with E-state index in [4.69, 9.17) is 21.7 Å². The molecule has 3 aliphatic rings. The molecular formula is C31H36N4O11S. The van der Waals surface area contributed by atoms with E-state index in [1.54, 1.807) is 30.3 Å². The molecule has 0 fully saturated rings. The first kappa shape index (κ1) is 36.6. The van der Waals surface area contributed by atoms with Crippen molar-refractivity contribution < 1.29 is 54.9 Å². The molecule has 0 saturated carbocycles. The first-order valence-corrected chi connectivity index (χ1v) is 14.3. The van der Waals surface area contributed by atoms with Crippen LogP contribution >= 0.6 is 12.2 Å². The Labute approximate surface area is 273 Å². The molecule has 2 amide bonds. The highest BCUT2D eigenvalue weighted by Crippen LogP contribution is 2.56. The summed E-state index contributed by atoms with van der Waals surface area (Å²) in [6.07, 6.45) is -1.38. The number of thiocarbonyl (C=S) groups is 1. The molecule has 6 atom stereocenters. The van der Waals surface area contributed by atoms with E-state index in [0.717, 1.165) is 0 Å². The zero-order valence-corrected chi connectivity index (χ0v) is 26.3. The highest BCUT2D eigenvalue weighted by Gasteiger charge is 2.65. The molecule has 0 radical (unpaired) electrons. The number of ketones is 2. The molecule has 47 heavy (non-hydrogen) atoms. The number of benzene rings is 2. The Hall–Kier alpha value is -4.87. The Morgan fingerprint density at radius 1 is 0.979 bits per heavy atom. The fourth-order valence-corrected chi connectivity index (χ4v) is 6.31. The van der Waals surface area contributed by atoms with E-state index in [9.17, 15) is 44.7 Å². The van der Waals surface area contributed by atoms with Crippen LogP contribution in [-0.2, 0) is 20.0 Å². The number of aliphatic hydroxyl groups is 6. The summed E-state index contributed by atoms with van der Waals surface area (Å²) in [5.74, 6) is -8.62. The highest BCUT2D eigenvalue weighted by molar-refractivity contribution is 7.79. The molecular weight excluding hydrogens is 636 g/mol. The lowest BCUT2D eigenvalue weighted by atomic mass is 9.55. The summed E-state index contributed by atoms with van der Waals surface area (Å²) in [5.41, 5.74) is 9.15. The number of likely N-dealkylation sites (N-methyl/N-ethyl adjacent to an activating group) is 1. The molecule has 3 aliphatic carbocycles. The standard InChI is InChI=1S/C22H24N2O8.C8H9NO2.CH3NOS/c1-21(31)8-5-4-6-11(25)12(8)16(26)13-9(21)7-10-15(24(2)3)17(27)14(20(23)30)19(29)22(10,32)18(13)28;9-8(11)7(10)6-4-2-1-3-5-6;2-1(3)4/h4-6,9-10,15,25,27-28,31-32H,7H2,1-3H3,(H2,23,30);1-5,7,10H,(H2,9,11);(H3,2,3,4)/t9-,10-,15-,21+,22-;;/m0../s1. The Balaban J connectivity index is 0.000000332. The number of phenolic OH excluding ortho intramolecular Hbond substituents is 1. The highest BCUT2D eigenvalue weighted by atomic mass is 32.1. The van der Waals surface area contributed by atoms with Gasteiger partial charge in [0.1, 0.15) is 22.8 Å². The van der Waals surface area contributed by atoms with Gasteiger partial charge >= 0.3 is 0 Å². The normalized spacial score (nSPS) is 26.8. The van der Waals surface area contributed by atoms with Gasteiger partial charge in [-0.2, -0.15) is 0 Å². The molecule has 0 heterocycles. The summed E-state index contributed by atoms with van der Waals surface area (Å²) >= 11 is 3.87. The zero-order valence-electron chi connectivity index (χ0n) is 25.5. The van der Waals surface area contributed by atoms with Gasteiger partial charge in [0.05, 0.1) is 17.2 Å². The predicted molar refractivity (Wildman–Crippen MR) is 170 cm³/mol. The quantitative estimate of drug-likeness (QED) is 0.148. The lowest BCUT2D eigenvalue weighted by molar-refractivity contribution is -0.152. The van der Waals surface area contributed by atoms with Gasteiger partial charge in [-0.3, -0.25) is 24.1 Å². The number of hydrogen-bond donors (Lipinski definition) is 10. The van der Waals surface area contributed by atoms with Crippen LogP contribution in [0.1, 0.15) is 40.9 Å². The molecule has 1 unspecified atom stereocenters. The van der Waals surface area contributed by atoms with Gasteiger partial charge in [-0.25, -0.2) is 0 Å². The summed E-state index contributed by atoms with van der Waals surface area (Å²) in [6.45, 7) is 1.40. The summed E-state index contributed by atoms with van der Waals surface area (Å²) in [6, 6.07) is 11.6. The second-order valence-corrected chi connectivity index (χ2v) is 11.9. The van der Waals surface area contributed by atoms with Crippen LogP contribution in [0.5, 0.6) is 5.75 Å². The number of Topliss-reactive ketones (excluding diaryl/α,β-unsaturated/α-hetero) is 2. The van der Waals surface area contributed by atoms with Crippen LogP contribution in [-0.4, -0.2) is 94.9 Å². The molecule has 0 saturated heterocycles. The average molecular weight is 673 g/mol. The van der Waals surface area contributed by atoms with Gasteiger partial charge in [0.2, 0.25) is 5.78 Å². The Morgan fingerprint density at radius 3 is 2.02 bits per heavy atom. The van der Waals surface area contributed by atoms with E-state index < -0.39 is 92.2 Å². The van der Waals surface area contributed by atoms with Crippen LogP contribution < -0.4 is 17.2 Å². The van der Waals surface area contributed by atoms with Crippen molar-refractivity contribution in [1.29, 1.82) is 0 Å². The van der Waals surface area contributed by atoms with Gasteiger partial charge in [0.25, 0.3) is 17.0 Å². The zero-order chi connectivity index (χ0) is 35.8. The van der Waals surface area contributed by atoms with E-state index >= 15 is 0 Å². The fraction of sp³-hybridized carbons (Fsp3) is 0.323. The average Bonchev–Trinajstić information content (AvgIpc) is 2.97. The predicted octanol–water partition coefficient (Wildman–Crippen LogP) is -0.221. The second kappa shape index (κ2) is 13.5. The van der Waals surface area contributed by atoms with Crippen LogP contribution in [0.4, 0.5) is 0 Å². The van der Waals surface area contributed by atoms with Gasteiger partial charge in [-0.1, -0.05) is 42.5 Å². The van der Waals surface area contributed by atoms with Gasteiger partial charge in [0.15, 0.2) is 17.5 Å². The van der Waals surface area contributed by atoms with Crippen molar-refractivity contribution in [2.45, 2.75) is 36.7 Å². The van der Waals surface area contributed by atoms with E-state index in [2.05, 4.69) is 18.0 Å². The van der Waals surface area contributed by atoms with Crippen LogP contribution in [0.25, 0.3) is 0 Å². The number of hydrogen-bond acceptors (Lipinski definition) is 12. The monoisotopic (exact) mass is 672 g/mol. The number of carbonyl (C=O) groups is 4. The summed E-state index contributed by atoms with van der Waals surface area (Å²) < 4.78 is 0. The lowest BCUT2D eigenvalue weighted by Gasteiger charge is -2.52. The van der Waals surface area contributed by atoms with Gasteiger partial charge in [0, 0.05) is 17.4 Å². The number of phenols is 1. The molecule has 2 aromatic rings. The maximum Gasteiger partial charge on any atom is 0.255 e. The Bertz CT molecular complexity index is 1690. The third-order valence-electron chi connectivity index (χ3n) is 8.41. The number of aromatic hydroxyl groups is 1. The van der Waals surface area contributed by atoms with Crippen molar-refractivity contribution in [3.05, 3.63) is 87.9 Å². The van der Waals surface area contributed by atoms with Crippen molar-refractivity contribution in [3.8, 4) is 5.75 Å².